The molecule has 3 rings (SSSR count). The topological polar surface area (TPSA) is 114 Å². The van der Waals surface area contributed by atoms with Crippen molar-refractivity contribution < 1.29 is 32.2 Å². The number of hydrogen-bond acceptors (Lipinski definition) is 6. The predicted octanol–water partition coefficient (Wildman–Crippen LogP) is 4.01. The Bertz CT molecular complexity index is 1250. The summed E-state index contributed by atoms with van der Waals surface area (Å²) in [5, 5.41) is 12.2. The van der Waals surface area contributed by atoms with Gasteiger partial charge in [-0.25, -0.2) is 12.8 Å². The maximum Gasteiger partial charge on any atom is 0.262 e. The van der Waals surface area contributed by atoms with Gasteiger partial charge in [0.15, 0.2) is 6.61 Å². The van der Waals surface area contributed by atoms with E-state index in [1.54, 1.807) is 18.2 Å². The number of halogens is 2. The van der Waals surface area contributed by atoms with Crippen molar-refractivity contribution >= 4 is 38.9 Å². The van der Waals surface area contributed by atoms with Crippen LogP contribution in [0.15, 0.2) is 65.6 Å². The molecule has 168 valence electrons. The zero-order chi connectivity index (χ0) is 23.3. The van der Waals surface area contributed by atoms with Crippen molar-refractivity contribution in [2.24, 2.45) is 0 Å². The maximum absolute atomic E-state index is 13.2. The Balaban J connectivity index is 1.73. The van der Waals surface area contributed by atoms with Crippen molar-refractivity contribution in [1.29, 1.82) is 0 Å². The second-order valence-corrected chi connectivity index (χ2v) is 8.49. The fourth-order valence-corrected chi connectivity index (χ4v) is 3.88. The fourth-order valence-electron chi connectivity index (χ4n) is 2.62. The average molecular weight is 481 g/mol. The Morgan fingerprint density at radius 1 is 1.09 bits per heavy atom. The minimum atomic E-state index is -4.06. The van der Waals surface area contributed by atoms with Crippen LogP contribution in [-0.2, 0) is 14.8 Å². The first-order valence-corrected chi connectivity index (χ1v) is 10.9. The summed E-state index contributed by atoms with van der Waals surface area (Å²) in [6, 6.07) is 13.4. The van der Waals surface area contributed by atoms with Crippen LogP contribution < -0.4 is 19.5 Å². The summed E-state index contributed by atoms with van der Waals surface area (Å²) in [6.07, 6.45) is 0. The number of anilines is 2. The van der Waals surface area contributed by atoms with Crippen LogP contribution in [0.4, 0.5) is 15.8 Å². The second-order valence-electron chi connectivity index (χ2n) is 6.40. The molecule has 0 unspecified atom stereocenters. The molecule has 0 atom stereocenters. The quantitative estimate of drug-likeness (QED) is 0.420. The number of aromatic hydroxyl groups is 1. The van der Waals surface area contributed by atoms with E-state index in [1.807, 2.05) is 0 Å². The van der Waals surface area contributed by atoms with Gasteiger partial charge in [-0.15, -0.1) is 0 Å². The molecule has 0 aliphatic heterocycles. The molecule has 0 aromatic heterocycles. The third-order valence-corrected chi connectivity index (χ3v) is 5.82. The molecule has 0 saturated carbocycles. The minimum absolute atomic E-state index is 0.140. The number of phenols is 1. The lowest BCUT2D eigenvalue weighted by molar-refractivity contribution is -0.118. The first-order valence-electron chi connectivity index (χ1n) is 9.06. The lowest BCUT2D eigenvalue weighted by atomic mass is 10.3. The van der Waals surface area contributed by atoms with Crippen LogP contribution in [0.2, 0.25) is 5.02 Å². The summed E-state index contributed by atoms with van der Waals surface area (Å²) in [5.41, 5.74) is 0.0821. The van der Waals surface area contributed by atoms with Crippen molar-refractivity contribution in [3.8, 4) is 17.2 Å². The number of amides is 1. The van der Waals surface area contributed by atoms with Crippen LogP contribution in [0.25, 0.3) is 0 Å². The first kappa shape index (κ1) is 23.2. The number of nitrogens with one attached hydrogen (secondary N) is 2. The van der Waals surface area contributed by atoms with Crippen molar-refractivity contribution in [2.45, 2.75) is 4.90 Å². The second kappa shape index (κ2) is 9.75. The van der Waals surface area contributed by atoms with E-state index in [1.165, 1.54) is 31.4 Å². The molecular weight excluding hydrogens is 463 g/mol. The van der Waals surface area contributed by atoms with Crippen molar-refractivity contribution in [1.82, 2.24) is 0 Å². The van der Waals surface area contributed by atoms with Gasteiger partial charge in [0.2, 0.25) is 0 Å². The summed E-state index contributed by atoms with van der Waals surface area (Å²) in [5.74, 6) is -1.19. The first-order chi connectivity index (χ1) is 15.2. The molecule has 0 aliphatic rings. The van der Waals surface area contributed by atoms with Gasteiger partial charge in [0, 0.05) is 6.07 Å². The molecule has 0 aliphatic carbocycles. The van der Waals surface area contributed by atoms with E-state index in [0.717, 1.165) is 18.2 Å². The van der Waals surface area contributed by atoms with Crippen LogP contribution in [0.5, 0.6) is 17.2 Å². The number of para-hydroxylation sites is 2. The number of hydrogen-bond donors (Lipinski definition) is 3. The van der Waals surface area contributed by atoms with Crippen molar-refractivity contribution in [2.75, 3.05) is 23.8 Å². The lowest BCUT2D eigenvalue weighted by Crippen LogP contribution is -2.21. The number of phenolic OH excluding ortho intramolecular Hbond substituents is 1. The third-order valence-electron chi connectivity index (χ3n) is 4.16. The molecule has 3 N–H and O–H groups in total. The van der Waals surface area contributed by atoms with E-state index in [2.05, 4.69) is 10.0 Å². The molecule has 0 saturated heterocycles. The number of methoxy groups -OCH3 is 1. The van der Waals surface area contributed by atoms with E-state index in [0.29, 0.717) is 5.75 Å². The Morgan fingerprint density at radius 3 is 2.56 bits per heavy atom. The van der Waals surface area contributed by atoms with Gasteiger partial charge in [-0.3, -0.25) is 9.52 Å². The Hall–Kier alpha value is -3.50. The molecule has 32 heavy (non-hydrogen) atoms. The number of carbonyl (C=O) groups is 1. The summed E-state index contributed by atoms with van der Waals surface area (Å²) in [4.78, 5) is 12.0. The maximum atomic E-state index is 13.2. The molecule has 0 spiro atoms. The minimum Gasteiger partial charge on any atom is -0.506 e. The Kier molecular flexibility index (Phi) is 7.06. The van der Waals surface area contributed by atoms with Gasteiger partial charge < -0.3 is 19.9 Å². The standard InChI is InChI=1S/C21H18ClFN2O6S/c1-30-20-5-3-2-4-17(20)25-32(28,29)14-7-9-19(26)18(11-14)24-21(27)12-31-13-6-8-16(23)15(22)10-13/h2-11,25-26H,12H2,1H3,(H,24,27). The molecule has 0 heterocycles. The molecule has 0 bridgehead atoms. The van der Waals surface area contributed by atoms with Crippen LogP contribution in [-0.4, -0.2) is 33.1 Å². The van der Waals surface area contributed by atoms with Gasteiger partial charge in [0.1, 0.15) is 23.1 Å². The van der Waals surface area contributed by atoms with E-state index in [4.69, 9.17) is 21.1 Å². The van der Waals surface area contributed by atoms with Crippen molar-refractivity contribution in [3.63, 3.8) is 0 Å². The van der Waals surface area contributed by atoms with Crippen LogP contribution in [0.1, 0.15) is 0 Å². The largest absolute Gasteiger partial charge is 0.506 e. The summed E-state index contributed by atoms with van der Waals surface area (Å²) in [7, 11) is -2.65. The summed E-state index contributed by atoms with van der Waals surface area (Å²) < 4.78 is 51.5. The number of sulfonamides is 1. The van der Waals surface area contributed by atoms with Gasteiger partial charge in [-0.2, -0.15) is 0 Å². The molecule has 1 amide bonds. The highest BCUT2D eigenvalue weighted by Crippen LogP contribution is 2.30. The van der Waals surface area contributed by atoms with E-state index in [9.17, 15) is 22.7 Å². The number of benzene rings is 3. The van der Waals surface area contributed by atoms with Gasteiger partial charge in [0.05, 0.1) is 28.4 Å². The van der Waals surface area contributed by atoms with Crippen molar-refractivity contribution in [3.05, 3.63) is 71.5 Å². The van der Waals surface area contributed by atoms with Crippen LogP contribution in [0, 0.1) is 5.82 Å². The lowest BCUT2D eigenvalue weighted by Gasteiger charge is -2.13. The summed E-state index contributed by atoms with van der Waals surface area (Å²) >= 11 is 5.66. The average Bonchev–Trinajstić information content (AvgIpc) is 2.76. The van der Waals surface area contributed by atoms with Gasteiger partial charge in [-0.05, 0) is 42.5 Å². The van der Waals surface area contributed by atoms with E-state index >= 15 is 0 Å². The SMILES string of the molecule is COc1ccccc1NS(=O)(=O)c1ccc(O)c(NC(=O)COc2ccc(F)c(Cl)c2)c1. The third kappa shape index (κ3) is 5.59. The number of carbonyl (C=O) groups excluding carboxylic acids is 1. The molecule has 8 nitrogen and oxygen atoms in total. The molecule has 0 radical (unpaired) electrons. The normalized spacial score (nSPS) is 11.0. The molecule has 3 aromatic rings. The van der Waals surface area contributed by atoms with E-state index < -0.39 is 28.4 Å². The molecule has 0 fully saturated rings. The molecule has 11 heteroatoms. The smallest absolute Gasteiger partial charge is 0.262 e. The monoisotopic (exact) mass is 480 g/mol. The summed E-state index contributed by atoms with van der Waals surface area (Å²) in [6.45, 7) is -0.488. The molecular formula is C21H18ClFN2O6S. The zero-order valence-corrected chi connectivity index (χ0v) is 18.2. The van der Waals surface area contributed by atoms with Gasteiger partial charge >= 0.3 is 0 Å². The van der Waals surface area contributed by atoms with Gasteiger partial charge in [-0.1, -0.05) is 23.7 Å². The Labute approximate surface area is 188 Å². The number of ether oxygens (including phenoxy) is 2. The highest BCUT2D eigenvalue weighted by atomic mass is 35.5. The van der Waals surface area contributed by atoms with Crippen LogP contribution in [0.3, 0.4) is 0 Å². The van der Waals surface area contributed by atoms with Gasteiger partial charge in [0.25, 0.3) is 15.9 Å². The number of rotatable bonds is 8. The van der Waals surface area contributed by atoms with Crippen LogP contribution >= 0.6 is 11.6 Å². The highest BCUT2D eigenvalue weighted by molar-refractivity contribution is 7.92. The zero-order valence-electron chi connectivity index (χ0n) is 16.6. The molecule has 3 aromatic carbocycles. The highest BCUT2D eigenvalue weighted by Gasteiger charge is 2.19. The fraction of sp³-hybridized carbons (Fsp3) is 0.0952. The Morgan fingerprint density at radius 2 is 1.84 bits per heavy atom. The predicted molar refractivity (Wildman–Crippen MR) is 117 cm³/mol. The van der Waals surface area contributed by atoms with E-state index in [-0.39, 0.29) is 32.8 Å².